The lowest BCUT2D eigenvalue weighted by Crippen LogP contribution is -2.23. The molecule has 0 aromatic carbocycles. The van der Waals surface area contributed by atoms with Crippen LogP contribution in [0.1, 0.15) is 13.8 Å². The van der Waals surface area contributed by atoms with Crippen molar-refractivity contribution in [3.8, 4) is 0 Å². The molecule has 0 heterocycles. The average molecular weight is 153 g/mol. The van der Waals surface area contributed by atoms with Crippen LogP contribution in [0.4, 0.5) is 0 Å². The number of rotatable bonds is 2. The van der Waals surface area contributed by atoms with E-state index >= 15 is 0 Å². The molecule has 5 heteroatoms. The molecule has 1 atom stereocenters. The van der Waals surface area contributed by atoms with Crippen LogP contribution in [-0.4, -0.2) is 18.4 Å². The maximum Gasteiger partial charge on any atom is 0.295 e. The van der Waals surface area contributed by atoms with Crippen LogP contribution in [0.15, 0.2) is 0 Å². The smallest absolute Gasteiger partial charge is 0.283 e. The van der Waals surface area contributed by atoms with Crippen molar-refractivity contribution in [3.63, 3.8) is 0 Å². The Labute approximate surface area is 54.3 Å². The summed E-state index contributed by atoms with van der Waals surface area (Å²) < 4.78 is 28.1. The Morgan fingerprint density at radius 2 is 1.67 bits per heavy atom. The molecule has 9 heavy (non-hydrogen) atoms. The second kappa shape index (κ2) is 2.64. The number of hydrogen-bond acceptors (Lipinski definition) is 2. The van der Waals surface area contributed by atoms with Gasteiger partial charge >= 0.3 is 0 Å². The summed E-state index contributed by atoms with van der Waals surface area (Å²) in [5.74, 6) is -0.583. The maximum absolute atomic E-state index is 10.4. The molecule has 0 amide bonds. The molecule has 0 fully saturated rings. The van der Waals surface area contributed by atoms with Crippen molar-refractivity contribution in [1.82, 2.24) is 0 Å². The highest BCUT2D eigenvalue weighted by Gasteiger charge is 2.24. The van der Waals surface area contributed by atoms with Gasteiger partial charge in [-0.15, -0.1) is 0 Å². The van der Waals surface area contributed by atoms with E-state index in [0.717, 1.165) is 0 Å². The van der Waals surface area contributed by atoms with Gasteiger partial charge in [0.05, 0.1) is 0 Å². The fraction of sp³-hybridized carbons (Fsp3) is 1.00. The molecule has 0 spiro atoms. The van der Waals surface area contributed by atoms with Gasteiger partial charge in [-0.2, -0.15) is 8.42 Å². The van der Waals surface area contributed by atoms with Crippen molar-refractivity contribution >= 4 is 10.1 Å². The third-order valence-corrected chi connectivity index (χ3v) is 1.97. The molecule has 55 valence electrons. The van der Waals surface area contributed by atoms with E-state index in [1.54, 1.807) is 0 Å². The molecule has 0 aliphatic rings. The van der Waals surface area contributed by atoms with Crippen LogP contribution < -0.4 is 0 Å². The first-order valence-corrected chi connectivity index (χ1v) is 3.98. The fourth-order valence-electron chi connectivity index (χ4n) is 0.344. The topological polar surface area (TPSA) is 74.3 Å². The van der Waals surface area contributed by atoms with Gasteiger partial charge in [0.2, 0.25) is 5.44 Å². The van der Waals surface area contributed by atoms with Crippen molar-refractivity contribution in [2.24, 2.45) is 5.92 Å². The monoisotopic (exact) mass is 153 g/mol. The van der Waals surface area contributed by atoms with E-state index in [1.165, 1.54) is 13.8 Å². The van der Waals surface area contributed by atoms with Crippen LogP contribution in [0.5, 0.6) is 0 Å². The van der Waals surface area contributed by atoms with E-state index in [9.17, 15) is 13.5 Å². The fourth-order valence-corrected chi connectivity index (χ4v) is 1.03. The molecule has 0 aliphatic carbocycles. The summed E-state index contributed by atoms with van der Waals surface area (Å²) in [5.41, 5.74) is -1.91. The Kier molecular flexibility index (Phi) is 2.60. The zero-order valence-electron chi connectivity index (χ0n) is 5.23. The molecular weight excluding hydrogens is 144 g/mol. The van der Waals surface area contributed by atoms with Crippen molar-refractivity contribution < 1.29 is 18.1 Å². The van der Waals surface area contributed by atoms with E-state index in [2.05, 4.69) is 0 Å². The minimum absolute atomic E-state index is 0.583. The van der Waals surface area contributed by atoms with Crippen LogP contribution in [0.25, 0.3) is 0 Å². The van der Waals surface area contributed by atoms with E-state index in [4.69, 9.17) is 4.55 Å². The molecule has 1 unspecified atom stereocenters. The molecule has 0 aromatic heterocycles. The van der Waals surface area contributed by atoms with Crippen LogP contribution >= 0.6 is 0 Å². The minimum atomic E-state index is -4.36. The molecule has 0 rings (SSSR count). The van der Waals surface area contributed by atoms with Crippen LogP contribution in [0, 0.1) is 5.92 Å². The quantitative estimate of drug-likeness (QED) is 0.579. The second-order valence-electron chi connectivity index (χ2n) is 2.13. The summed E-state index contributed by atoms with van der Waals surface area (Å²) in [4.78, 5) is 0. The summed E-state index contributed by atoms with van der Waals surface area (Å²) >= 11 is 0. The van der Waals surface area contributed by atoms with Crippen LogP contribution in [0.2, 0.25) is 0 Å². The number of hydrogen-bond donors (Lipinski definition) is 1. The van der Waals surface area contributed by atoms with Gasteiger partial charge in [0.1, 0.15) is 0 Å². The summed E-state index contributed by atoms with van der Waals surface area (Å²) in [7, 11) is -4.36. The molecule has 4 nitrogen and oxygen atoms in total. The third-order valence-electron chi connectivity index (χ3n) is 0.838. The largest absolute Gasteiger partial charge is 0.295 e. The van der Waals surface area contributed by atoms with E-state index in [0.29, 0.717) is 0 Å². The Balaban J connectivity index is 4.24. The van der Waals surface area contributed by atoms with E-state index in [1.807, 2.05) is 0 Å². The average Bonchev–Trinajstić information content (AvgIpc) is 1.62. The molecule has 1 radical (unpaired) electrons. The molecule has 0 aliphatic heterocycles. The van der Waals surface area contributed by atoms with Gasteiger partial charge in [-0.05, 0) is 5.92 Å². The van der Waals surface area contributed by atoms with Gasteiger partial charge < -0.3 is 0 Å². The van der Waals surface area contributed by atoms with Gasteiger partial charge in [0.15, 0.2) is 0 Å². The van der Waals surface area contributed by atoms with Gasteiger partial charge in [0.25, 0.3) is 10.1 Å². The van der Waals surface area contributed by atoms with Gasteiger partial charge in [-0.3, -0.25) is 4.55 Å². The first kappa shape index (κ1) is 8.87. The lowest BCUT2D eigenvalue weighted by atomic mass is 10.2. The molecule has 0 aromatic rings. The molecule has 1 N–H and O–H groups in total. The zero-order chi connectivity index (χ0) is 7.65. The van der Waals surface area contributed by atoms with Gasteiger partial charge in [-0.25, -0.2) is 5.11 Å². The standard InChI is InChI=1S/C4H9O4S/c1-3(2)4(5)9(6,7)8/h3-4H,1-2H3,(H,6,7,8). The second-order valence-corrected chi connectivity index (χ2v) is 3.62. The maximum atomic E-state index is 10.4. The Morgan fingerprint density at radius 3 is 1.67 bits per heavy atom. The highest BCUT2D eigenvalue weighted by Crippen LogP contribution is 2.06. The van der Waals surface area contributed by atoms with Crippen molar-refractivity contribution in [2.75, 3.05) is 0 Å². The molecular formula is C4H9O4S. The first-order valence-electron chi connectivity index (χ1n) is 2.48. The highest BCUT2D eigenvalue weighted by molar-refractivity contribution is 7.86. The van der Waals surface area contributed by atoms with E-state index < -0.39 is 21.5 Å². The van der Waals surface area contributed by atoms with Crippen molar-refractivity contribution in [3.05, 3.63) is 0 Å². The lowest BCUT2D eigenvalue weighted by molar-refractivity contribution is 0.107. The SMILES string of the molecule is CC(C)C([O])S(=O)(=O)O. The Bertz CT molecular complexity index is 169. The molecule has 0 saturated carbocycles. The molecule has 0 bridgehead atoms. The van der Waals surface area contributed by atoms with Gasteiger partial charge in [-0.1, -0.05) is 13.8 Å². The third kappa shape index (κ3) is 2.78. The van der Waals surface area contributed by atoms with E-state index in [-0.39, 0.29) is 0 Å². The van der Waals surface area contributed by atoms with Crippen molar-refractivity contribution in [2.45, 2.75) is 19.3 Å². The lowest BCUT2D eigenvalue weighted by Gasteiger charge is -2.06. The van der Waals surface area contributed by atoms with Crippen LogP contribution in [-0.2, 0) is 15.2 Å². The zero-order valence-corrected chi connectivity index (χ0v) is 6.05. The Hall–Kier alpha value is -0.130. The summed E-state index contributed by atoms with van der Waals surface area (Å²) in [5, 5.41) is 10.4. The Morgan fingerprint density at radius 1 is 1.33 bits per heavy atom. The summed E-state index contributed by atoms with van der Waals surface area (Å²) in [6.45, 7) is 2.87. The summed E-state index contributed by atoms with van der Waals surface area (Å²) in [6, 6.07) is 0. The highest BCUT2D eigenvalue weighted by atomic mass is 32.2. The molecule has 0 saturated heterocycles. The van der Waals surface area contributed by atoms with Crippen LogP contribution in [0.3, 0.4) is 0 Å². The minimum Gasteiger partial charge on any atom is -0.283 e. The van der Waals surface area contributed by atoms with Crippen molar-refractivity contribution in [1.29, 1.82) is 0 Å². The first-order chi connectivity index (χ1) is 3.85. The normalized spacial score (nSPS) is 16.1. The van der Waals surface area contributed by atoms with Gasteiger partial charge in [0, 0.05) is 0 Å². The summed E-state index contributed by atoms with van der Waals surface area (Å²) in [6.07, 6.45) is 0. The predicted octanol–water partition coefficient (Wildman–Crippen LogP) is 0.287. The predicted molar refractivity (Wildman–Crippen MR) is 30.9 cm³/mol.